The number of halogens is 3. The number of hydrogen-bond donors (Lipinski definition) is 1. The van der Waals surface area contributed by atoms with Crippen LogP contribution in [0.4, 0.5) is 18.9 Å². The van der Waals surface area contributed by atoms with E-state index in [9.17, 15) is 22.8 Å². The first-order chi connectivity index (χ1) is 13.1. The number of esters is 2. The van der Waals surface area contributed by atoms with Gasteiger partial charge in [-0.15, -0.1) is 0 Å². The number of allylic oxidation sites excluding steroid dienone is 4. The van der Waals surface area contributed by atoms with Crippen LogP contribution in [0.2, 0.25) is 0 Å². The highest BCUT2D eigenvalue weighted by atomic mass is 19.4. The molecule has 2 rings (SSSR count). The maximum Gasteiger partial charge on any atom is 0.416 e. The molecular formula is C20H20F3NO4. The van der Waals surface area contributed by atoms with E-state index in [0.717, 1.165) is 12.1 Å². The second kappa shape index (κ2) is 8.77. The fraction of sp³-hybridized carbons (Fsp3) is 0.300. The van der Waals surface area contributed by atoms with Crippen molar-refractivity contribution in [2.75, 3.05) is 5.32 Å². The van der Waals surface area contributed by atoms with Crippen molar-refractivity contribution in [2.24, 2.45) is 0 Å². The van der Waals surface area contributed by atoms with Gasteiger partial charge in [0.15, 0.2) is 0 Å². The molecule has 0 saturated carbocycles. The van der Waals surface area contributed by atoms with Crippen LogP contribution in [0.25, 0.3) is 0 Å². The van der Waals surface area contributed by atoms with Crippen LogP contribution in [-0.2, 0) is 25.2 Å². The van der Waals surface area contributed by atoms with Gasteiger partial charge in [-0.2, -0.15) is 13.2 Å². The largest absolute Gasteiger partial charge is 0.419 e. The van der Waals surface area contributed by atoms with E-state index < -0.39 is 29.5 Å². The van der Waals surface area contributed by atoms with Gasteiger partial charge in [-0.25, -0.2) is 9.59 Å². The van der Waals surface area contributed by atoms with E-state index >= 15 is 0 Å². The molecule has 1 saturated heterocycles. The lowest BCUT2D eigenvalue weighted by atomic mass is 10.1. The summed E-state index contributed by atoms with van der Waals surface area (Å²) in [5.74, 6) is -2.77. The molecule has 1 aromatic rings. The molecule has 1 aliphatic heterocycles. The molecule has 0 amide bonds. The standard InChI is InChI=1S/C20H20F3NO4/c1-3-11-19(2)27-17(25)16(18(26)28-19)10-5-4-6-12-24-15-9-7-8-14(13-15)20(21,22)23/h4-10,12-13,24H,3,11H2,1-2H3/b5-4+,12-6+,16-10?. The fourth-order valence-electron chi connectivity index (χ4n) is 2.50. The van der Waals surface area contributed by atoms with E-state index in [-0.39, 0.29) is 11.3 Å². The highest BCUT2D eigenvalue weighted by Crippen LogP contribution is 2.30. The van der Waals surface area contributed by atoms with Gasteiger partial charge < -0.3 is 14.8 Å². The molecule has 150 valence electrons. The molecular weight excluding hydrogens is 375 g/mol. The number of carbonyl (C=O) groups is 2. The number of hydrogen-bond acceptors (Lipinski definition) is 5. The van der Waals surface area contributed by atoms with Crippen LogP contribution >= 0.6 is 0 Å². The minimum atomic E-state index is -4.41. The van der Waals surface area contributed by atoms with Gasteiger partial charge in [-0.1, -0.05) is 25.1 Å². The Morgan fingerprint density at radius 1 is 1.11 bits per heavy atom. The van der Waals surface area contributed by atoms with Gasteiger partial charge in [-0.05, 0) is 36.8 Å². The lowest BCUT2D eigenvalue weighted by molar-refractivity contribution is -0.230. The Balaban J connectivity index is 1.94. The molecule has 1 aromatic carbocycles. The van der Waals surface area contributed by atoms with Crippen molar-refractivity contribution in [3.05, 3.63) is 65.9 Å². The Bertz CT molecular complexity index is 805. The molecule has 8 heteroatoms. The van der Waals surface area contributed by atoms with Crippen molar-refractivity contribution >= 4 is 17.6 Å². The third kappa shape index (κ3) is 5.73. The van der Waals surface area contributed by atoms with Crippen molar-refractivity contribution in [1.29, 1.82) is 0 Å². The average molecular weight is 395 g/mol. The quantitative estimate of drug-likeness (QED) is 0.327. The van der Waals surface area contributed by atoms with Crippen LogP contribution < -0.4 is 5.32 Å². The zero-order valence-electron chi connectivity index (χ0n) is 15.4. The smallest absolute Gasteiger partial charge is 0.416 e. The number of nitrogens with one attached hydrogen (secondary N) is 1. The molecule has 0 aliphatic carbocycles. The second-order valence-corrected chi connectivity index (χ2v) is 6.21. The highest BCUT2D eigenvalue weighted by Gasteiger charge is 2.41. The molecule has 0 unspecified atom stereocenters. The van der Waals surface area contributed by atoms with Gasteiger partial charge >= 0.3 is 18.1 Å². The van der Waals surface area contributed by atoms with Crippen LogP contribution in [0, 0.1) is 0 Å². The summed E-state index contributed by atoms with van der Waals surface area (Å²) in [6.07, 6.45) is 3.75. The molecule has 0 bridgehead atoms. The molecule has 1 fully saturated rings. The summed E-state index contributed by atoms with van der Waals surface area (Å²) in [4.78, 5) is 23.9. The summed E-state index contributed by atoms with van der Waals surface area (Å²) >= 11 is 0. The first kappa shape index (κ1) is 21.3. The van der Waals surface area contributed by atoms with Gasteiger partial charge in [-0.3, -0.25) is 0 Å². The molecule has 1 aliphatic rings. The fourth-order valence-corrected chi connectivity index (χ4v) is 2.50. The zero-order valence-corrected chi connectivity index (χ0v) is 15.4. The molecule has 28 heavy (non-hydrogen) atoms. The average Bonchev–Trinajstić information content (AvgIpc) is 2.59. The molecule has 1 heterocycles. The van der Waals surface area contributed by atoms with Crippen molar-refractivity contribution in [2.45, 2.75) is 38.7 Å². The molecule has 0 spiro atoms. The van der Waals surface area contributed by atoms with E-state index in [2.05, 4.69) is 5.32 Å². The second-order valence-electron chi connectivity index (χ2n) is 6.21. The van der Waals surface area contributed by atoms with Crippen LogP contribution in [0.5, 0.6) is 0 Å². The predicted octanol–water partition coefficient (Wildman–Crippen LogP) is 4.73. The van der Waals surface area contributed by atoms with Crippen molar-refractivity contribution < 1.29 is 32.2 Å². The Morgan fingerprint density at radius 2 is 1.79 bits per heavy atom. The van der Waals surface area contributed by atoms with Crippen molar-refractivity contribution in [1.82, 2.24) is 0 Å². The van der Waals surface area contributed by atoms with Crippen LogP contribution in [0.15, 0.2) is 60.3 Å². The van der Waals surface area contributed by atoms with Gasteiger partial charge in [0, 0.05) is 25.2 Å². The SMILES string of the molecule is CCCC1(C)OC(=O)C(=C/C=C/C=C/Nc2cccc(C(F)(F)F)c2)C(=O)O1. The zero-order chi connectivity index (χ0) is 20.8. The number of carbonyl (C=O) groups excluding carboxylic acids is 2. The van der Waals surface area contributed by atoms with Crippen LogP contribution in [0.3, 0.4) is 0 Å². The third-order valence-corrected chi connectivity index (χ3v) is 3.78. The highest BCUT2D eigenvalue weighted by molar-refractivity contribution is 6.15. The van der Waals surface area contributed by atoms with Gasteiger partial charge in [0.05, 0.1) is 5.56 Å². The van der Waals surface area contributed by atoms with Crippen LogP contribution in [-0.4, -0.2) is 17.7 Å². The van der Waals surface area contributed by atoms with Crippen LogP contribution in [0.1, 0.15) is 32.3 Å². The minimum Gasteiger partial charge on any atom is -0.419 e. The predicted molar refractivity (Wildman–Crippen MR) is 96.9 cm³/mol. The first-order valence-electron chi connectivity index (χ1n) is 8.58. The summed E-state index contributed by atoms with van der Waals surface area (Å²) in [6, 6.07) is 4.75. The maximum absolute atomic E-state index is 12.6. The van der Waals surface area contributed by atoms with E-state index in [0.29, 0.717) is 12.8 Å². The summed E-state index contributed by atoms with van der Waals surface area (Å²) in [5, 5.41) is 2.70. The number of anilines is 1. The monoisotopic (exact) mass is 395 g/mol. The Labute approximate surface area is 160 Å². The van der Waals surface area contributed by atoms with E-state index in [1.54, 1.807) is 0 Å². The Kier molecular flexibility index (Phi) is 6.66. The van der Waals surface area contributed by atoms with E-state index in [1.807, 2.05) is 6.92 Å². The number of benzene rings is 1. The molecule has 5 nitrogen and oxygen atoms in total. The summed E-state index contributed by atoms with van der Waals surface area (Å²) < 4.78 is 48.3. The van der Waals surface area contributed by atoms with Crippen molar-refractivity contribution in [3.63, 3.8) is 0 Å². The molecule has 0 radical (unpaired) electrons. The number of ether oxygens (including phenoxy) is 2. The number of cyclic esters (lactones) is 2. The molecule has 0 atom stereocenters. The summed E-state index contributed by atoms with van der Waals surface area (Å²) in [5.41, 5.74) is -0.716. The summed E-state index contributed by atoms with van der Waals surface area (Å²) in [6.45, 7) is 3.40. The minimum absolute atomic E-state index is 0.232. The normalized spacial score (nSPS) is 20.4. The van der Waals surface area contributed by atoms with E-state index in [1.165, 1.54) is 49.6 Å². The van der Waals surface area contributed by atoms with Gasteiger partial charge in [0.1, 0.15) is 5.57 Å². The molecule has 1 N–H and O–H groups in total. The lowest BCUT2D eigenvalue weighted by Gasteiger charge is -2.32. The number of rotatable bonds is 6. The third-order valence-electron chi connectivity index (χ3n) is 3.78. The topological polar surface area (TPSA) is 64.6 Å². The van der Waals surface area contributed by atoms with Gasteiger partial charge in [0.2, 0.25) is 0 Å². The maximum atomic E-state index is 12.6. The lowest BCUT2D eigenvalue weighted by Crippen LogP contribution is -2.44. The first-order valence-corrected chi connectivity index (χ1v) is 8.58. The Morgan fingerprint density at radius 3 is 2.39 bits per heavy atom. The number of alkyl halides is 3. The summed E-state index contributed by atoms with van der Waals surface area (Å²) in [7, 11) is 0. The van der Waals surface area contributed by atoms with Crippen molar-refractivity contribution in [3.8, 4) is 0 Å². The van der Waals surface area contributed by atoms with E-state index in [4.69, 9.17) is 9.47 Å². The molecule has 0 aromatic heterocycles. The Hall–Kier alpha value is -3.03. The van der Waals surface area contributed by atoms with Gasteiger partial charge in [0.25, 0.3) is 5.79 Å².